The van der Waals surface area contributed by atoms with Gasteiger partial charge in [-0.2, -0.15) is 0 Å². The minimum Gasteiger partial charge on any atom is -0.384 e. The van der Waals surface area contributed by atoms with Crippen LogP contribution < -0.4 is 0 Å². The molecule has 0 N–H and O–H groups in total. The van der Waals surface area contributed by atoms with Gasteiger partial charge in [0.2, 0.25) is 0 Å². The third kappa shape index (κ3) is 3.56. The summed E-state index contributed by atoms with van der Waals surface area (Å²) in [6.07, 6.45) is 0.814. The van der Waals surface area contributed by atoms with Crippen LogP contribution in [0.25, 0.3) is 0 Å². The molecule has 2 aromatic rings. The van der Waals surface area contributed by atoms with E-state index in [0.717, 1.165) is 23.6 Å². The van der Waals surface area contributed by atoms with Gasteiger partial charge >= 0.3 is 0 Å². The normalized spacial score (nSPS) is 12.4. The van der Waals surface area contributed by atoms with Crippen LogP contribution in [0.2, 0.25) is 0 Å². The number of hydrogen-bond donors (Lipinski definition) is 0. The SMILES string of the molecule is COCCc1ccc(C(Cl)c2ccc(F)cc2F)cc1. The van der Waals surface area contributed by atoms with E-state index in [1.165, 1.54) is 12.1 Å². The third-order valence-corrected chi connectivity index (χ3v) is 3.59. The summed E-state index contributed by atoms with van der Waals surface area (Å²) in [5.74, 6) is -1.24. The van der Waals surface area contributed by atoms with E-state index in [9.17, 15) is 8.78 Å². The second-order valence-electron chi connectivity index (χ2n) is 4.51. The predicted molar refractivity (Wildman–Crippen MR) is 76.1 cm³/mol. The topological polar surface area (TPSA) is 9.23 Å². The summed E-state index contributed by atoms with van der Waals surface area (Å²) in [5.41, 5.74) is 2.18. The minimum absolute atomic E-state index is 0.276. The summed E-state index contributed by atoms with van der Waals surface area (Å²) in [6.45, 7) is 0.649. The summed E-state index contributed by atoms with van der Waals surface area (Å²) < 4.78 is 31.6. The van der Waals surface area contributed by atoms with Crippen molar-refractivity contribution in [3.05, 3.63) is 70.8 Å². The van der Waals surface area contributed by atoms with Gasteiger partial charge in [0.15, 0.2) is 0 Å². The Balaban J connectivity index is 2.18. The van der Waals surface area contributed by atoms with E-state index in [2.05, 4.69) is 0 Å². The molecule has 0 aliphatic rings. The van der Waals surface area contributed by atoms with Crippen molar-refractivity contribution in [3.63, 3.8) is 0 Å². The van der Waals surface area contributed by atoms with Crippen molar-refractivity contribution in [1.29, 1.82) is 0 Å². The molecule has 0 spiro atoms. The first-order valence-electron chi connectivity index (χ1n) is 6.28. The molecule has 4 heteroatoms. The van der Waals surface area contributed by atoms with Crippen molar-refractivity contribution in [2.24, 2.45) is 0 Å². The summed E-state index contributed by atoms with van der Waals surface area (Å²) in [4.78, 5) is 0. The van der Waals surface area contributed by atoms with E-state index in [0.29, 0.717) is 6.61 Å². The Morgan fingerprint density at radius 2 is 1.80 bits per heavy atom. The molecule has 0 fully saturated rings. The second-order valence-corrected chi connectivity index (χ2v) is 4.95. The molecule has 2 rings (SSSR count). The quantitative estimate of drug-likeness (QED) is 0.739. The van der Waals surface area contributed by atoms with E-state index in [1.54, 1.807) is 7.11 Å². The highest BCUT2D eigenvalue weighted by atomic mass is 35.5. The van der Waals surface area contributed by atoms with Crippen LogP contribution in [0, 0.1) is 11.6 Å². The summed E-state index contributed by atoms with van der Waals surface area (Å²) in [6, 6.07) is 11.0. The first kappa shape index (κ1) is 14.9. The van der Waals surface area contributed by atoms with Gasteiger partial charge in [0, 0.05) is 18.7 Å². The van der Waals surface area contributed by atoms with Gasteiger partial charge in [0.1, 0.15) is 11.6 Å². The molecule has 2 aromatic carbocycles. The molecular formula is C16H15ClF2O. The zero-order valence-electron chi connectivity index (χ0n) is 11.1. The largest absolute Gasteiger partial charge is 0.384 e. The van der Waals surface area contributed by atoms with Gasteiger partial charge in [-0.3, -0.25) is 0 Å². The Bertz CT molecular complexity index is 569. The molecule has 0 heterocycles. The number of alkyl halides is 1. The van der Waals surface area contributed by atoms with E-state index < -0.39 is 17.0 Å². The van der Waals surface area contributed by atoms with E-state index in [1.807, 2.05) is 24.3 Å². The molecule has 0 aliphatic heterocycles. The molecule has 0 amide bonds. The lowest BCUT2D eigenvalue weighted by molar-refractivity contribution is 0.202. The first-order valence-corrected chi connectivity index (χ1v) is 6.72. The molecule has 1 nitrogen and oxygen atoms in total. The molecule has 0 aromatic heterocycles. The van der Waals surface area contributed by atoms with Gasteiger partial charge in [-0.05, 0) is 23.6 Å². The number of benzene rings is 2. The van der Waals surface area contributed by atoms with Crippen LogP contribution in [0.5, 0.6) is 0 Å². The lowest BCUT2D eigenvalue weighted by atomic mass is 10.0. The molecule has 0 bridgehead atoms. The highest BCUT2D eigenvalue weighted by Crippen LogP contribution is 2.31. The molecule has 1 atom stereocenters. The van der Waals surface area contributed by atoms with E-state index >= 15 is 0 Å². The Kier molecular flexibility index (Phi) is 5.10. The van der Waals surface area contributed by atoms with Gasteiger partial charge in [-0.1, -0.05) is 30.3 Å². The molecule has 0 saturated carbocycles. The number of hydrogen-bond acceptors (Lipinski definition) is 1. The maximum absolute atomic E-state index is 13.7. The Morgan fingerprint density at radius 3 is 2.40 bits per heavy atom. The van der Waals surface area contributed by atoms with E-state index in [4.69, 9.17) is 16.3 Å². The van der Waals surface area contributed by atoms with Crippen molar-refractivity contribution in [2.45, 2.75) is 11.8 Å². The molecule has 1 unspecified atom stereocenters. The fourth-order valence-electron chi connectivity index (χ4n) is 1.96. The van der Waals surface area contributed by atoms with Crippen LogP contribution in [0.15, 0.2) is 42.5 Å². The maximum atomic E-state index is 13.7. The third-order valence-electron chi connectivity index (χ3n) is 3.10. The zero-order chi connectivity index (χ0) is 14.5. The molecule has 0 saturated heterocycles. The number of rotatable bonds is 5. The molecule has 0 aliphatic carbocycles. The van der Waals surface area contributed by atoms with Crippen molar-refractivity contribution >= 4 is 11.6 Å². The average Bonchev–Trinajstić information content (AvgIpc) is 2.45. The number of ether oxygens (including phenoxy) is 1. The van der Waals surface area contributed by atoms with Gasteiger partial charge in [-0.25, -0.2) is 8.78 Å². The van der Waals surface area contributed by atoms with Gasteiger partial charge in [0.05, 0.1) is 12.0 Å². The number of methoxy groups -OCH3 is 1. The second kappa shape index (κ2) is 6.82. The van der Waals surface area contributed by atoms with Crippen molar-refractivity contribution in [3.8, 4) is 0 Å². The Hall–Kier alpha value is -1.45. The van der Waals surface area contributed by atoms with Crippen molar-refractivity contribution in [2.75, 3.05) is 13.7 Å². The molecule has 0 radical (unpaired) electrons. The van der Waals surface area contributed by atoms with Crippen LogP contribution in [0.1, 0.15) is 22.1 Å². The Labute approximate surface area is 122 Å². The monoisotopic (exact) mass is 296 g/mol. The van der Waals surface area contributed by atoms with Gasteiger partial charge < -0.3 is 4.74 Å². The zero-order valence-corrected chi connectivity index (χ0v) is 11.8. The van der Waals surface area contributed by atoms with Crippen molar-refractivity contribution in [1.82, 2.24) is 0 Å². The fourth-order valence-corrected chi connectivity index (χ4v) is 2.28. The van der Waals surface area contributed by atoms with E-state index in [-0.39, 0.29) is 5.56 Å². The summed E-state index contributed by atoms with van der Waals surface area (Å²) in [7, 11) is 1.65. The maximum Gasteiger partial charge on any atom is 0.131 e. The van der Waals surface area contributed by atoms with Crippen LogP contribution in [0.4, 0.5) is 8.78 Å². The minimum atomic E-state index is -0.632. The summed E-state index contributed by atoms with van der Waals surface area (Å²) in [5, 5.41) is -0.632. The molecular weight excluding hydrogens is 282 g/mol. The fraction of sp³-hybridized carbons (Fsp3) is 0.250. The van der Waals surface area contributed by atoms with Crippen LogP contribution in [-0.2, 0) is 11.2 Å². The Morgan fingerprint density at radius 1 is 1.10 bits per heavy atom. The van der Waals surface area contributed by atoms with Crippen LogP contribution >= 0.6 is 11.6 Å². The highest BCUT2D eigenvalue weighted by Gasteiger charge is 2.15. The lowest BCUT2D eigenvalue weighted by Crippen LogP contribution is -1.99. The van der Waals surface area contributed by atoms with Crippen LogP contribution in [0.3, 0.4) is 0 Å². The van der Waals surface area contributed by atoms with Crippen LogP contribution in [-0.4, -0.2) is 13.7 Å². The standard InChI is InChI=1S/C16H15ClF2O/c1-20-9-8-11-2-4-12(5-3-11)16(17)14-7-6-13(18)10-15(14)19/h2-7,10,16H,8-9H2,1H3. The summed E-state index contributed by atoms with van der Waals surface area (Å²) >= 11 is 6.26. The first-order chi connectivity index (χ1) is 9.61. The lowest BCUT2D eigenvalue weighted by Gasteiger charge is -2.12. The molecule has 106 valence electrons. The average molecular weight is 297 g/mol. The molecule has 20 heavy (non-hydrogen) atoms. The van der Waals surface area contributed by atoms with Crippen molar-refractivity contribution < 1.29 is 13.5 Å². The van der Waals surface area contributed by atoms with Gasteiger partial charge in [0.25, 0.3) is 0 Å². The number of halogens is 3. The smallest absolute Gasteiger partial charge is 0.131 e. The van der Waals surface area contributed by atoms with Gasteiger partial charge in [-0.15, -0.1) is 11.6 Å². The highest BCUT2D eigenvalue weighted by molar-refractivity contribution is 6.22. The predicted octanol–water partition coefficient (Wildman–Crippen LogP) is 4.48.